The fraction of sp³-hybridized carbons (Fsp3) is 0.744. The van der Waals surface area contributed by atoms with Crippen molar-refractivity contribution in [2.24, 2.45) is 0 Å². The number of carbonyl (C=O) groups is 2. The summed E-state index contributed by atoms with van der Waals surface area (Å²) in [5.74, 6) is -0.469. The van der Waals surface area contributed by atoms with Crippen LogP contribution in [0.15, 0.2) is 21.3 Å². The molecule has 0 spiro atoms. The molecule has 1 heterocycles. The first-order valence-corrected chi connectivity index (χ1v) is 21.2. The van der Waals surface area contributed by atoms with Crippen LogP contribution in [0, 0.1) is 13.8 Å². The topological polar surface area (TPSA) is 204 Å². The van der Waals surface area contributed by atoms with E-state index in [1.165, 1.54) is 7.11 Å². The van der Waals surface area contributed by atoms with E-state index in [9.17, 15) is 14.4 Å². The minimum atomic E-state index is -0.555. The Bertz CT molecular complexity index is 1490. The van der Waals surface area contributed by atoms with Gasteiger partial charge in [-0.3, -0.25) is 9.59 Å². The maximum atomic E-state index is 13.5. The highest BCUT2D eigenvalue weighted by molar-refractivity contribution is 5.87. The number of methoxy groups -OCH3 is 2. The summed E-state index contributed by atoms with van der Waals surface area (Å²) in [6.07, 6.45) is 2.31. The third-order valence-corrected chi connectivity index (χ3v) is 9.18. The maximum absolute atomic E-state index is 13.5. The Labute approximate surface area is 360 Å². The molecule has 0 aliphatic carbocycles. The summed E-state index contributed by atoms with van der Waals surface area (Å²) in [7, 11) is 3.00. The quantitative estimate of drug-likeness (QED) is 0.0442. The van der Waals surface area contributed by atoms with Crippen molar-refractivity contribution in [1.82, 2.24) is 4.90 Å². The van der Waals surface area contributed by atoms with Gasteiger partial charge in [0.1, 0.15) is 5.58 Å². The number of esters is 1. The number of carbonyl (C=O) groups excluding carboxylic acids is 2. The number of nitrogens with zero attached hydrogens (tertiary/aromatic N) is 1. The zero-order valence-electron chi connectivity index (χ0n) is 37.0. The number of nitrogens with two attached hydrogens (primary N) is 1. The van der Waals surface area contributed by atoms with E-state index in [0.717, 1.165) is 17.4 Å². The second kappa shape index (κ2) is 36.2. The summed E-state index contributed by atoms with van der Waals surface area (Å²) < 4.78 is 70.2. The Morgan fingerprint density at radius 3 is 1.43 bits per heavy atom. The fourth-order valence-electron chi connectivity index (χ4n) is 5.64. The first-order valence-electron chi connectivity index (χ1n) is 21.2. The van der Waals surface area contributed by atoms with Crippen LogP contribution in [0.1, 0.15) is 42.4 Å². The minimum Gasteiger partial charge on any atom is -0.469 e. The molecular formula is C43H72N2O16. The van der Waals surface area contributed by atoms with Crippen LogP contribution in [0.3, 0.4) is 0 Å². The van der Waals surface area contributed by atoms with Gasteiger partial charge in [-0.2, -0.15) is 0 Å². The first-order chi connectivity index (χ1) is 29.8. The fourth-order valence-corrected chi connectivity index (χ4v) is 5.64. The van der Waals surface area contributed by atoms with E-state index in [4.69, 9.17) is 67.0 Å². The van der Waals surface area contributed by atoms with Gasteiger partial charge in [0, 0.05) is 43.8 Å². The van der Waals surface area contributed by atoms with Crippen molar-refractivity contribution >= 4 is 28.5 Å². The van der Waals surface area contributed by atoms with Crippen molar-refractivity contribution in [3.8, 4) is 0 Å². The monoisotopic (exact) mass is 872 g/mol. The maximum Gasteiger partial charge on any atom is 0.340 e. The lowest BCUT2D eigenvalue weighted by molar-refractivity contribution is -0.140. The molecular weight excluding hydrogens is 800 g/mol. The molecule has 0 radical (unpaired) electrons. The molecule has 0 unspecified atom stereocenters. The minimum absolute atomic E-state index is 0.102. The average Bonchev–Trinajstić information content (AvgIpc) is 3.25. The van der Waals surface area contributed by atoms with Crippen molar-refractivity contribution < 1.29 is 70.8 Å². The number of fused-ring (bicyclic) bond motifs is 1. The van der Waals surface area contributed by atoms with Crippen LogP contribution in [0.2, 0.25) is 0 Å². The van der Waals surface area contributed by atoms with Crippen LogP contribution in [-0.4, -0.2) is 183 Å². The molecule has 18 nitrogen and oxygen atoms in total. The standard InChI is InChI=1S/C43H72N2O16/c1-35-32-37-36(2)38(43(48)61-40(37)34-39(35)44)33-41(46)45(9-7-5-6-8-42(47)50-4)10-11-51-14-15-53-18-19-55-22-23-57-26-27-59-30-31-60-29-28-58-25-24-56-21-20-54-17-16-52-13-12-49-3/h32,34H,5-31,33,44H2,1-4H3. The predicted octanol–water partition coefficient (Wildman–Crippen LogP) is 2.91. The second-order valence-corrected chi connectivity index (χ2v) is 13.8. The van der Waals surface area contributed by atoms with E-state index in [1.807, 2.05) is 19.9 Å². The number of ether oxygens (including phenoxy) is 12. The number of benzene rings is 1. The highest BCUT2D eigenvalue weighted by atomic mass is 16.6. The number of amides is 1. The van der Waals surface area contributed by atoms with E-state index in [0.29, 0.717) is 193 Å². The van der Waals surface area contributed by atoms with Crippen LogP contribution in [-0.2, 0) is 72.9 Å². The van der Waals surface area contributed by atoms with Gasteiger partial charge in [0.15, 0.2) is 0 Å². The molecule has 2 rings (SSSR count). The number of aryl methyl sites for hydroxylation is 2. The van der Waals surface area contributed by atoms with Crippen molar-refractivity contribution in [3.05, 3.63) is 39.2 Å². The SMILES string of the molecule is COCCOCCOCCOCCOCCOCCOCCOCCOCCOCCOCCN(CCCCCC(=O)OC)C(=O)Cc1c(C)c2cc(C)c(N)cc2oc1=O. The summed E-state index contributed by atoms with van der Waals surface area (Å²) in [4.78, 5) is 39.6. The van der Waals surface area contributed by atoms with Gasteiger partial charge in [0.25, 0.3) is 0 Å². The van der Waals surface area contributed by atoms with Crippen LogP contribution in [0.25, 0.3) is 11.0 Å². The lowest BCUT2D eigenvalue weighted by Crippen LogP contribution is -2.37. The Balaban J connectivity index is 1.45. The molecule has 0 bridgehead atoms. The molecule has 350 valence electrons. The molecule has 1 aromatic carbocycles. The molecule has 0 saturated carbocycles. The van der Waals surface area contributed by atoms with Crippen LogP contribution in [0.5, 0.6) is 0 Å². The molecule has 61 heavy (non-hydrogen) atoms. The second-order valence-electron chi connectivity index (χ2n) is 13.8. The molecule has 1 aromatic heterocycles. The molecule has 0 fully saturated rings. The van der Waals surface area contributed by atoms with E-state index < -0.39 is 5.63 Å². The van der Waals surface area contributed by atoms with Gasteiger partial charge < -0.3 is 71.9 Å². The summed E-state index contributed by atoms with van der Waals surface area (Å²) in [5.41, 5.74) is 8.25. The Morgan fingerprint density at radius 1 is 0.574 bits per heavy atom. The number of rotatable bonds is 41. The third-order valence-electron chi connectivity index (χ3n) is 9.18. The molecule has 0 saturated heterocycles. The molecule has 18 heteroatoms. The highest BCUT2D eigenvalue weighted by Gasteiger charge is 2.20. The van der Waals surface area contributed by atoms with E-state index in [2.05, 4.69) is 0 Å². The summed E-state index contributed by atoms with van der Waals surface area (Å²) in [6, 6.07) is 3.51. The normalized spacial score (nSPS) is 11.5. The van der Waals surface area contributed by atoms with Crippen molar-refractivity contribution in [1.29, 1.82) is 0 Å². The lowest BCUT2D eigenvalue weighted by Gasteiger charge is -2.23. The van der Waals surface area contributed by atoms with Gasteiger partial charge in [-0.05, 0) is 43.9 Å². The Kier molecular flexibility index (Phi) is 32.0. The van der Waals surface area contributed by atoms with Gasteiger partial charge in [-0.25, -0.2) is 4.79 Å². The lowest BCUT2D eigenvalue weighted by atomic mass is 10.0. The molecule has 0 atom stereocenters. The Hall–Kier alpha value is -3.27. The summed E-state index contributed by atoms with van der Waals surface area (Å²) in [5, 5.41) is 0.748. The third kappa shape index (κ3) is 26.1. The number of anilines is 1. The molecule has 2 N–H and O–H groups in total. The van der Waals surface area contributed by atoms with Gasteiger partial charge in [0.05, 0.1) is 158 Å². The van der Waals surface area contributed by atoms with Crippen LogP contribution >= 0.6 is 0 Å². The first kappa shape index (κ1) is 53.9. The van der Waals surface area contributed by atoms with Crippen molar-refractivity contribution in [2.45, 2.75) is 46.0 Å². The van der Waals surface area contributed by atoms with Gasteiger partial charge in [-0.15, -0.1) is 0 Å². The average molecular weight is 873 g/mol. The summed E-state index contributed by atoms with van der Waals surface area (Å²) >= 11 is 0. The van der Waals surface area contributed by atoms with E-state index in [-0.39, 0.29) is 18.3 Å². The largest absolute Gasteiger partial charge is 0.469 e. The van der Waals surface area contributed by atoms with Crippen LogP contribution < -0.4 is 11.4 Å². The molecule has 1 amide bonds. The number of unbranched alkanes of at least 4 members (excludes halogenated alkanes) is 2. The predicted molar refractivity (Wildman–Crippen MR) is 227 cm³/mol. The zero-order chi connectivity index (χ0) is 44.2. The Morgan fingerprint density at radius 2 is 1.00 bits per heavy atom. The van der Waals surface area contributed by atoms with Gasteiger partial charge in [0.2, 0.25) is 5.91 Å². The van der Waals surface area contributed by atoms with Gasteiger partial charge >= 0.3 is 11.6 Å². The van der Waals surface area contributed by atoms with Crippen LogP contribution in [0.4, 0.5) is 5.69 Å². The number of hydrogen-bond acceptors (Lipinski definition) is 17. The van der Waals surface area contributed by atoms with E-state index >= 15 is 0 Å². The molecule has 2 aromatic rings. The molecule has 0 aliphatic rings. The van der Waals surface area contributed by atoms with Crippen molar-refractivity contribution in [2.75, 3.05) is 172 Å². The molecule has 0 aliphatic heterocycles. The smallest absolute Gasteiger partial charge is 0.340 e. The van der Waals surface area contributed by atoms with Crippen molar-refractivity contribution in [3.63, 3.8) is 0 Å². The van der Waals surface area contributed by atoms with Gasteiger partial charge in [-0.1, -0.05) is 6.42 Å². The number of nitrogen functional groups attached to an aromatic ring is 1. The summed E-state index contributed by atoms with van der Waals surface area (Å²) in [6.45, 7) is 14.3. The highest BCUT2D eigenvalue weighted by Crippen LogP contribution is 2.25. The zero-order valence-corrected chi connectivity index (χ0v) is 37.0. The van der Waals surface area contributed by atoms with E-state index in [1.54, 1.807) is 18.1 Å². The number of hydrogen-bond donors (Lipinski definition) is 1.